The highest BCUT2D eigenvalue weighted by molar-refractivity contribution is 5.91. The quantitative estimate of drug-likeness (QED) is 0.490. The minimum Gasteiger partial charge on any atom is -0.460 e. The Kier molecular flexibility index (Phi) is 3.34. The molecule has 0 saturated heterocycles. The largest absolute Gasteiger partial charge is 0.460 e. The Labute approximate surface area is 104 Å². The first-order chi connectivity index (χ1) is 8.61. The van der Waals surface area contributed by atoms with Gasteiger partial charge in [-0.2, -0.15) is 0 Å². The number of carbonyl (C=O) groups is 1. The van der Waals surface area contributed by atoms with Crippen molar-refractivity contribution in [2.75, 3.05) is 12.5 Å². The van der Waals surface area contributed by atoms with Crippen LogP contribution in [0.3, 0.4) is 0 Å². The highest BCUT2D eigenvalue weighted by Crippen LogP contribution is 2.26. The van der Waals surface area contributed by atoms with Crippen molar-refractivity contribution < 1.29 is 13.9 Å². The normalized spacial score (nSPS) is 10.3. The summed E-state index contributed by atoms with van der Waals surface area (Å²) in [6.45, 7) is 1.55. The summed E-state index contributed by atoms with van der Waals surface area (Å²) in [5.41, 5.74) is 12.7. The molecule has 94 valence electrons. The zero-order valence-electron chi connectivity index (χ0n) is 9.97. The van der Waals surface area contributed by atoms with Gasteiger partial charge in [-0.25, -0.2) is 4.79 Å². The van der Waals surface area contributed by atoms with Gasteiger partial charge in [0.05, 0.1) is 0 Å². The second kappa shape index (κ2) is 4.93. The van der Waals surface area contributed by atoms with Crippen LogP contribution in [-0.4, -0.2) is 12.7 Å². The van der Waals surface area contributed by atoms with Crippen LogP contribution in [0.15, 0.2) is 34.7 Å². The maximum atomic E-state index is 11.6. The van der Waals surface area contributed by atoms with E-state index in [1.54, 1.807) is 25.1 Å². The third-order valence-corrected chi connectivity index (χ3v) is 2.55. The molecule has 2 rings (SSSR count). The van der Waals surface area contributed by atoms with E-state index in [0.29, 0.717) is 22.8 Å². The lowest BCUT2D eigenvalue weighted by molar-refractivity contribution is 0.0513. The number of carbonyl (C=O) groups excluding carboxylic acids is 1. The summed E-state index contributed by atoms with van der Waals surface area (Å²) in [4.78, 5) is 11.6. The molecular formula is C13H14N2O3. The molecule has 18 heavy (non-hydrogen) atoms. The maximum absolute atomic E-state index is 11.6. The number of nitrogen functional groups attached to an aromatic ring is 1. The lowest BCUT2D eigenvalue weighted by Gasteiger charge is -1.97. The van der Waals surface area contributed by atoms with Gasteiger partial charge >= 0.3 is 5.97 Å². The van der Waals surface area contributed by atoms with Gasteiger partial charge in [0.2, 0.25) is 0 Å². The number of nitrogens with two attached hydrogens (primary N) is 2. The molecule has 5 nitrogen and oxygen atoms in total. The van der Waals surface area contributed by atoms with Crippen molar-refractivity contribution >= 4 is 11.7 Å². The molecule has 0 aliphatic carbocycles. The fraction of sp³-hybridized carbons (Fsp3) is 0.154. The molecule has 0 amide bonds. The molecule has 0 aliphatic heterocycles. The van der Waals surface area contributed by atoms with Gasteiger partial charge in [-0.05, 0) is 37.3 Å². The number of anilines is 1. The van der Waals surface area contributed by atoms with Crippen LogP contribution in [-0.2, 0) is 4.74 Å². The number of furan rings is 1. The Morgan fingerprint density at radius 3 is 2.61 bits per heavy atom. The van der Waals surface area contributed by atoms with Gasteiger partial charge in [0, 0.05) is 11.3 Å². The van der Waals surface area contributed by atoms with E-state index < -0.39 is 5.97 Å². The van der Waals surface area contributed by atoms with Crippen LogP contribution in [0.25, 0.3) is 11.3 Å². The molecule has 0 fully saturated rings. The van der Waals surface area contributed by atoms with E-state index in [9.17, 15) is 4.79 Å². The van der Waals surface area contributed by atoms with Crippen molar-refractivity contribution in [2.45, 2.75) is 6.92 Å². The maximum Gasteiger partial charge on any atom is 0.343 e. The zero-order valence-corrected chi connectivity index (χ0v) is 9.97. The highest BCUT2D eigenvalue weighted by atomic mass is 16.5. The predicted molar refractivity (Wildman–Crippen MR) is 67.8 cm³/mol. The average Bonchev–Trinajstić information content (AvgIpc) is 2.72. The molecular weight excluding hydrogens is 232 g/mol. The van der Waals surface area contributed by atoms with E-state index in [-0.39, 0.29) is 6.73 Å². The monoisotopic (exact) mass is 246 g/mol. The highest BCUT2D eigenvalue weighted by Gasteiger charge is 2.16. The molecule has 1 aromatic carbocycles. The van der Waals surface area contributed by atoms with Crippen LogP contribution < -0.4 is 11.5 Å². The van der Waals surface area contributed by atoms with E-state index in [2.05, 4.69) is 0 Å². The van der Waals surface area contributed by atoms with Gasteiger partial charge in [0.15, 0.2) is 0 Å². The SMILES string of the molecule is Cc1oc(-c2ccc(N)cc2)cc1C(=O)OCN. The van der Waals surface area contributed by atoms with Crippen molar-refractivity contribution in [3.8, 4) is 11.3 Å². The number of esters is 1. The smallest absolute Gasteiger partial charge is 0.343 e. The summed E-state index contributed by atoms with van der Waals surface area (Å²) >= 11 is 0. The molecule has 4 N–H and O–H groups in total. The van der Waals surface area contributed by atoms with E-state index in [1.165, 1.54) is 0 Å². The predicted octanol–water partition coefficient (Wildman–Crippen LogP) is 1.91. The Balaban J connectivity index is 2.34. The van der Waals surface area contributed by atoms with Crippen LogP contribution in [0.1, 0.15) is 16.1 Å². The first kappa shape index (κ1) is 12.2. The Morgan fingerprint density at radius 1 is 1.33 bits per heavy atom. The zero-order chi connectivity index (χ0) is 13.1. The second-order valence-corrected chi connectivity index (χ2v) is 3.80. The van der Waals surface area contributed by atoms with Gasteiger partial charge in [0.1, 0.15) is 23.8 Å². The topological polar surface area (TPSA) is 91.5 Å². The summed E-state index contributed by atoms with van der Waals surface area (Å²) in [5.74, 6) is 0.609. The molecule has 0 spiro atoms. The van der Waals surface area contributed by atoms with Gasteiger partial charge < -0.3 is 14.9 Å². The summed E-state index contributed by atoms with van der Waals surface area (Å²) in [6, 6.07) is 8.83. The standard InChI is InChI=1S/C13H14N2O3/c1-8-11(13(16)17-7-14)6-12(18-8)9-2-4-10(15)5-3-9/h2-6H,7,14-15H2,1H3. The fourth-order valence-corrected chi connectivity index (χ4v) is 1.63. The molecule has 0 saturated carbocycles. The van der Waals surface area contributed by atoms with Gasteiger partial charge in [-0.1, -0.05) is 0 Å². The minimum atomic E-state index is -0.486. The first-order valence-electron chi connectivity index (χ1n) is 5.45. The van der Waals surface area contributed by atoms with Crippen molar-refractivity contribution in [3.05, 3.63) is 41.7 Å². The number of rotatable bonds is 3. The van der Waals surface area contributed by atoms with Crippen LogP contribution in [0.5, 0.6) is 0 Å². The number of aryl methyl sites for hydroxylation is 1. The van der Waals surface area contributed by atoms with E-state index in [4.69, 9.17) is 20.6 Å². The number of hydrogen-bond acceptors (Lipinski definition) is 5. The van der Waals surface area contributed by atoms with Gasteiger partial charge in [0.25, 0.3) is 0 Å². The molecule has 0 bridgehead atoms. The third-order valence-electron chi connectivity index (χ3n) is 2.55. The number of benzene rings is 1. The van der Waals surface area contributed by atoms with Gasteiger partial charge in [-0.15, -0.1) is 0 Å². The summed E-state index contributed by atoms with van der Waals surface area (Å²) in [7, 11) is 0. The average molecular weight is 246 g/mol. The van der Waals surface area contributed by atoms with Crippen LogP contribution in [0.4, 0.5) is 5.69 Å². The molecule has 1 aromatic heterocycles. The Morgan fingerprint density at radius 2 is 2.00 bits per heavy atom. The molecule has 0 radical (unpaired) electrons. The van der Waals surface area contributed by atoms with Crippen molar-refractivity contribution in [3.63, 3.8) is 0 Å². The summed E-state index contributed by atoms with van der Waals surface area (Å²) in [6.07, 6.45) is 0. The van der Waals surface area contributed by atoms with Gasteiger partial charge in [-0.3, -0.25) is 5.73 Å². The molecule has 0 aliphatic rings. The lowest BCUT2D eigenvalue weighted by atomic mass is 10.1. The van der Waals surface area contributed by atoms with Crippen molar-refractivity contribution in [1.82, 2.24) is 0 Å². The molecule has 0 unspecified atom stereocenters. The van der Waals surface area contributed by atoms with E-state index in [0.717, 1.165) is 5.56 Å². The van der Waals surface area contributed by atoms with Crippen LogP contribution in [0, 0.1) is 6.92 Å². The van der Waals surface area contributed by atoms with Crippen LogP contribution >= 0.6 is 0 Å². The van der Waals surface area contributed by atoms with Crippen LogP contribution in [0.2, 0.25) is 0 Å². The summed E-state index contributed by atoms with van der Waals surface area (Å²) in [5, 5.41) is 0. The van der Waals surface area contributed by atoms with E-state index >= 15 is 0 Å². The third kappa shape index (κ3) is 2.36. The van der Waals surface area contributed by atoms with Crippen molar-refractivity contribution in [2.24, 2.45) is 5.73 Å². The fourth-order valence-electron chi connectivity index (χ4n) is 1.63. The van der Waals surface area contributed by atoms with E-state index in [1.807, 2.05) is 12.1 Å². The summed E-state index contributed by atoms with van der Waals surface area (Å²) < 4.78 is 10.3. The minimum absolute atomic E-state index is 0.152. The van der Waals surface area contributed by atoms with Crippen molar-refractivity contribution in [1.29, 1.82) is 0 Å². The molecule has 5 heteroatoms. The molecule has 2 aromatic rings. The lowest BCUT2D eigenvalue weighted by Crippen LogP contribution is -2.12. The number of hydrogen-bond donors (Lipinski definition) is 2. The Bertz CT molecular complexity index is 558. The number of ether oxygens (including phenoxy) is 1. The Hall–Kier alpha value is -2.27. The first-order valence-corrected chi connectivity index (χ1v) is 5.45. The molecule has 1 heterocycles. The second-order valence-electron chi connectivity index (χ2n) is 3.80. The molecule has 0 atom stereocenters.